The Balaban J connectivity index is 1.46. The number of H-pyrrole nitrogens is 1. The van der Waals surface area contributed by atoms with Crippen molar-refractivity contribution < 1.29 is 18.7 Å². The van der Waals surface area contributed by atoms with Crippen LogP contribution in [0.4, 0.5) is 15.0 Å². The fourth-order valence-electron chi connectivity index (χ4n) is 3.76. The van der Waals surface area contributed by atoms with Crippen LogP contribution in [0.5, 0.6) is 5.88 Å². The number of rotatable bonds is 6. The van der Waals surface area contributed by atoms with Crippen molar-refractivity contribution in [3.63, 3.8) is 0 Å². The van der Waals surface area contributed by atoms with E-state index >= 15 is 0 Å². The molecule has 3 aromatic heterocycles. The first-order chi connectivity index (χ1) is 15.3. The Morgan fingerprint density at radius 1 is 1.34 bits per heavy atom. The fraction of sp³-hybridized carbons (Fsp3) is 0.455. The predicted octanol–water partition coefficient (Wildman–Crippen LogP) is 3.74. The minimum absolute atomic E-state index is 0.125. The van der Waals surface area contributed by atoms with Crippen LogP contribution in [-0.2, 0) is 4.74 Å². The molecule has 1 aliphatic rings. The minimum Gasteiger partial charge on any atom is -0.476 e. The Kier molecular flexibility index (Phi) is 6.11. The van der Waals surface area contributed by atoms with Gasteiger partial charge in [0.05, 0.1) is 25.1 Å². The second-order valence-electron chi connectivity index (χ2n) is 8.62. The first-order valence-corrected chi connectivity index (χ1v) is 10.6. The van der Waals surface area contributed by atoms with E-state index in [0.29, 0.717) is 17.1 Å². The van der Waals surface area contributed by atoms with Crippen LogP contribution in [0.1, 0.15) is 45.2 Å². The van der Waals surface area contributed by atoms with Crippen molar-refractivity contribution in [3.05, 3.63) is 42.1 Å². The standard InChI is InChI=1S/C22H27FN6O3/c1-22(2,3)32-21(30)24-8-10-31-20-15(11-14(23)12-25-20)17-5-4-9-29(17)18-7-6-16-19(28-18)27-13-26-16/h6-7,11-13,17H,4-5,8-10H2,1-3H3,(H,24,30)(H,26,27,28). The zero-order valence-electron chi connectivity index (χ0n) is 18.4. The maximum atomic E-state index is 14.1. The smallest absolute Gasteiger partial charge is 0.407 e. The van der Waals surface area contributed by atoms with Gasteiger partial charge in [0.1, 0.15) is 29.4 Å². The van der Waals surface area contributed by atoms with E-state index in [1.807, 2.05) is 12.1 Å². The summed E-state index contributed by atoms with van der Waals surface area (Å²) < 4.78 is 25.1. The number of aromatic nitrogens is 4. The zero-order chi connectivity index (χ0) is 22.7. The quantitative estimate of drug-likeness (QED) is 0.560. The molecule has 1 atom stereocenters. The molecular weight excluding hydrogens is 415 g/mol. The van der Waals surface area contributed by atoms with E-state index in [1.165, 1.54) is 6.07 Å². The molecule has 0 spiro atoms. The first-order valence-electron chi connectivity index (χ1n) is 10.6. The second kappa shape index (κ2) is 8.97. The molecule has 4 heterocycles. The molecule has 0 radical (unpaired) electrons. The van der Waals surface area contributed by atoms with Gasteiger partial charge in [0.2, 0.25) is 5.88 Å². The van der Waals surface area contributed by atoms with Crippen LogP contribution in [0.3, 0.4) is 0 Å². The lowest BCUT2D eigenvalue weighted by molar-refractivity contribution is 0.0519. The summed E-state index contributed by atoms with van der Waals surface area (Å²) in [6.07, 6.45) is 3.98. The fourth-order valence-corrected chi connectivity index (χ4v) is 3.76. The predicted molar refractivity (Wildman–Crippen MR) is 117 cm³/mol. The average molecular weight is 442 g/mol. The summed E-state index contributed by atoms with van der Waals surface area (Å²) in [5, 5.41) is 2.64. The zero-order valence-corrected chi connectivity index (χ0v) is 18.4. The topological polar surface area (TPSA) is 105 Å². The van der Waals surface area contributed by atoms with Gasteiger partial charge in [0.15, 0.2) is 5.65 Å². The van der Waals surface area contributed by atoms with Crippen LogP contribution in [0, 0.1) is 5.82 Å². The van der Waals surface area contributed by atoms with E-state index in [2.05, 4.69) is 30.2 Å². The average Bonchev–Trinajstić information content (AvgIpc) is 3.39. The summed E-state index contributed by atoms with van der Waals surface area (Å²) in [4.78, 5) is 30.0. The monoisotopic (exact) mass is 442 g/mol. The maximum absolute atomic E-state index is 14.1. The van der Waals surface area contributed by atoms with Gasteiger partial charge in [0.25, 0.3) is 0 Å². The van der Waals surface area contributed by atoms with Gasteiger partial charge in [-0.3, -0.25) is 0 Å². The Hall–Kier alpha value is -3.43. The number of nitrogens with zero attached hydrogens (tertiary/aromatic N) is 4. The Morgan fingerprint density at radius 3 is 3.00 bits per heavy atom. The lowest BCUT2D eigenvalue weighted by Crippen LogP contribution is -2.34. The molecule has 10 heteroatoms. The van der Waals surface area contributed by atoms with Crippen molar-refractivity contribution in [2.24, 2.45) is 0 Å². The molecule has 170 valence electrons. The van der Waals surface area contributed by atoms with Crippen LogP contribution < -0.4 is 15.0 Å². The number of hydrogen-bond donors (Lipinski definition) is 2. The van der Waals surface area contributed by atoms with E-state index in [1.54, 1.807) is 27.1 Å². The molecule has 0 aromatic carbocycles. The highest BCUT2D eigenvalue weighted by Crippen LogP contribution is 2.39. The van der Waals surface area contributed by atoms with E-state index in [9.17, 15) is 9.18 Å². The minimum atomic E-state index is -0.574. The molecule has 0 aliphatic carbocycles. The second-order valence-corrected chi connectivity index (χ2v) is 8.62. The summed E-state index contributed by atoms with van der Waals surface area (Å²) in [6, 6.07) is 5.16. The number of amides is 1. The first kappa shape index (κ1) is 21.8. The summed E-state index contributed by atoms with van der Waals surface area (Å²) >= 11 is 0. The van der Waals surface area contributed by atoms with Crippen LogP contribution in [0.15, 0.2) is 30.7 Å². The van der Waals surface area contributed by atoms with Crippen molar-refractivity contribution >= 4 is 23.1 Å². The van der Waals surface area contributed by atoms with Gasteiger partial charge < -0.3 is 24.7 Å². The lowest BCUT2D eigenvalue weighted by Gasteiger charge is -2.27. The number of fused-ring (bicyclic) bond motifs is 1. The molecule has 1 aliphatic heterocycles. The van der Waals surface area contributed by atoms with Gasteiger partial charge in [-0.25, -0.2) is 24.1 Å². The number of hydrogen-bond acceptors (Lipinski definition) is 7. The third kappa shape index (κ3) is 5.06. The number of ether oxygens (including phenoxy) is 2. The van der Waals surface area contributed by atoms with Crippen LogP contribution in [-0.4, -0.2) is 51.3 Å². The van der Waals surface area contributed by atoms with Crippen LogP contribution in [0.25, 0.3) is 11.2 Å². The van der Waals surface area contributed by atoms with Gasteiger partial charge in [-0.05, 0) is 51.8 Å². The molecule has 3 aromatic rings. The number of imidazole rings is 1. The number of halogens is 1. The van der Waals surface area contributed by atoms with Crippen LogP contribution >= 0.6 is 0 Å². The maximum Gasteiger partial charge on any atom is 0.407 e. The van der Waals surface area contributed by atoms with Gasteiger partial charge in [-0.15, -0.1) is 0 Å². The SMILES string of the molecule is CC(C)(C)OC(=O)NCCOc1ncc(F)cc1C1CCCN1c1ccc2nc[nH]c2n1. The number of carbonyl (C=O) groups excluding carboxylic acids is 1. The van der Waals surface area contributed by atoms with Crippen molar-refractivity contribution in [2.45, 2.75) is 45.3 Å². The third-order valence-electron chi connectivity index (χ3n) is 5.02. The van der Waals surface area contributed by atoms with Gasteiger partial charge in [-0.1, -0.05) is 0 Å². The van der Waals surface area contributed by atoms with Crippen molar-refractivity contribution in [1.82, 2.24) is 25.3 Å². The molecule has 1 fully saturated rings. The highest BCUT2D eigenvalue weighted by atomic mass is 19.1. The number of anilines is 1. The van der Waals surface area contributed by atoms with Gasteiger partial charge >= 0.3 is 6.09 Å². The molecule has 2 N–H and O–H groups in total. The summed E-state index contributed by atoms with van der Waals surface area (Å²) in [7, 11) is 0. The molecule has 1 saturated heterocycles. The van der Waals surface area contributed by atoms with Crippen molar-refractivity contribution in [2.75, 3.05) is 24.6 Å². The molecular formula is C22H27FN6O3. The Bertz CT molecular complexity index is 1100. The van der Waals surface area contributed by atoms with E-state index < -0.39 is 17.5 Å². The number of carbonyl (C=O) groups is 1. The van der Waals surface area contributed by atoms with E-state index in [-0.39, 0.29) is 19.2 Å². The highest BCUT2D eigenvalue weighted by Gasteiger charge is 2.31. The van der Waals surface area contributed by atoms with Crippen molar-refractivity contribution in [1.29, 1.82) is 0 Å². The summed E-state index contributed by atoms with van der Waals surface area (Å²) in [5.41, 5.74) is 1.58. The number of pyridine rings is 2. The number of alkyl carbamates (subject to hydrolysis) is 1. The summed E-state index contributed by atoms with van der Waals surface area (Å²) in [6.45, 7) is 6.58. The normalized spacial score (nSPS) is 16.4. The number of nitrogens with one attached hydrogen (secondary N) is 2. The lowest BCUT2D eigenvalue weighted by atomic mass is 10.1. The number of aromatic amines is 1. The molecule has 0 saturated carbocycles. The van der Waals surface area contributed by atoms with Crippen LogP contribution in [0.2, 0.25) is 0 Å². The molecule has 4 rings (SSSR count). The Morgan fingerprint density at radius 2 is 2.19 bits per heavy atom. The van der Waals surface area contributed by atoms with E-state index in [4.69, 9.17) is 9.47 Å². The Labute approximate surface area is 185 Å². The van der Waals surface area contributed by atoms with E-state index in [0.717, 1.165) is 36.9 Å². The molecule has 1 unspecified atom stereocenters. The molecule has 0 bridgehead atoms. The molecule has 1 amide bonds. The highest BCUT2D eigenvalue weighted by molar-refractivity contribution is 5.72. The molecule has 32 heavy (non-hydrogen) atoms. The van der Waals surface area contributed by atoms with Crippen molar-refractivity contribution in [3.8, 4) is 5.88 Å². The largest absolute Gasteiger partial charge is 0.476 e. The third-order valence-corrected chi connectivity index (χ3v) is 5.02. The van der Waals surface area contributed by atoms with Gasteiger partial charge in [0, 0.05) is 12.1 Å². The summed E-state index contributed by atoms with van der Waals surface area (Å²) in [5.74, 6) is 0.700. The van der Waals surface area contributed by atoms with Gasteiger partial charge in [-0.2, -0.15) is 0 Å². The molecule has 9 nitrogen and oxygen atoms in total.